The monoisotopic (exact) mass is 748 g/mol. The van der Waals surface area contributed by atoms with E-state index < -0.39 is 0 Å². The first-order valence-corrected chi connectivity index (χ1v) is 13.0. The summed E-state index contributed by atoms with van der Waals surface area (Å²) in [6, 6.07) is 23.9. The van der Waals surface area contributed by atoms with E-state index in [9.17, 15) is 0 Å². The molecule has 0 saturated heterocycles. The Morgan fingerprint density at radius 3 is 1.88 bits per heavy atom. The predicted octanol–water partition coefficient (Wildman–Crippen LogP) is 5.72. The summed E-state index contributed by atoms with van der Waals surface area (Å²) >= 11 is 0. The number of hydrogen-bond donors (Lipinski definition) is 0. The molecule has 9 nitrogen and oxygen atoms in total. The van der Waals surface area contributed by atoms with Crippen molar-refractivity contribution in [1.82, 2.24) is 34.5 Å². The van der Waals surface area contributed by atoms with Gasteiger partial charge in [-0.15, -0.1) is 36.3 Å². The van der Waals surface area contributed by atoms with E-state index in [0.29, 0.717) is 5.75 Å². The first kappa shape index (κ1) is 32.4. The molecule has 10 heteroatoms. The molecular weight excluding hydrogens is 717 g/mol. The molecule has 1 radical (unpaired) electrons. The molecule has 0 aliphatic carbocycles. The van der Waals surface area contributed by atoms with Gasteiger partial charge in [0.2, 0.25) is 0 Å². The minimum atomic E-state index is 0. The van der Waals surface area contributed by atoms with Gasteiger partial charge in [-0.2, -0.15) is 10.2 Å². The number of ether oxygens (including phenoxy) is 2. The number of rotatable bonds is 6. The molecule has 0 unspecified atom stereocenters. The minimum Gasteiger partial charge on any atom is -0.516 e. The second-order valence-corrected chi connectivity index (χ2v) is 8.80. The Morgan fingerprint density at radius 2 is 1.37 bits per heavy atom. The summed E-state index contributed by atoms with van der Waals surface area (Å²) in [6.45, 7) is 4.31. The average Bonchev–Trinajstić information content (AvgIpc) is 3.77. The van der Waals surface area contributed by atoms with Crippen LogP contribution in [-0.4, -0.2) is 48.2 Å². The molecule has 0 N–H and O–H groups in total. The van der Waals surface area contributed by atoms with E-state index in [4.69, 9.17) is 15.9 Å². The molecule has 5 heterocycles. The summed E-state index contributed by atoms with van der Waals surface area (Å²) in [6.07, 6.45) is 17.6. The number of methoxy groups -OCH3 is 1. The molecule has 0 aliphatic heterocycles. The first-order chi connectivity index (χ1) is 20.6. The summed E-state index contributed by atoms with van der Waals surface area (Å²) in [4.78, 5) is 12.6. The predicted molar refractivity (Wildman–Crippen MR) is 162 cm³/mol. The fourth-order valence-electron chi connectivity index (χ4n) is 3.59. The van der Waals surface area contributed by atoms with Gasteiger partial charge in [-0.25, -0.2) is 19.3 Å². The Hall–Kier alpha value is -5.11. The van der Waals surface area contributed by atoms with Crippen molar-refractivity contribution in [3.05, 3.63) is 127 Å². The summed E-state index contributed by atoms with van der Waals surface area (Å²) in [5.74, 6) is 5.60. The second-order valence-electron chi connectivity index (χ2n) is 8.80. The zero-order valence-corrected chi connectivity index (χ0v) is 26.5. The fraction of sp³-hybridized carbons (Fsp3) is 0.121. The third-order valence-corrected chi connectivity index (χ3v) is 5.62. The van der Waals surface area contributed by atoms with E-state index in [0.717, 1.165) is 28.6 Å². The van der Waals surface area contributed by atoms with Gasteiger partial charge in [0, 0.05) is 49.1 Å². The van der Waals surface area contributed by atoms with Crippen molar-refractivity contribution >= 4 is 0 Å². The third-order valence-electron chi connectivity index (χ3n) is 5.62. The largest absolute Gasteiger partial charge is 1.00 e. The second kappa shape index (κ2) is 17.0. The smallest absolute Gasteiger partial charge is 0.516 e. The molecule has 0 atom stereocenters. The van der Waals surface area contributed by atoms with Crippen molar-refractivity contribution in [2.45, 2.75) is 13.8 Å². The quantitative estimate of drug-likeness (QED) is 0.159. The maximum Gasteiger partial charge on any atom is 1.00 e. The van der Waals surface area contributed by atoms with Crippen molar-refractivity contribution in [1.29, 1.82) is 0 Å². The topological polar surface area (TPSA) is 92.8 Å². The molecule has 0 saturated carbocycles. The molecule has 0 aliphatic rings. The SMILES string of the molecule is C#CCOc1ccnc(-c2[c-]ccc(OC)c2)c1.Cc1ccnc(-n2cccn2)c1.Cc1ccnc(-n2cccn2)c1.[Os+]. The van der Waals surface area contributed by atoms with Crippen molar-refractivity contribution in [3.8, 4) is 46.7 Å². The van der Waals surface area contributed by atoms with E-state index in [-0.39, 0.29) is 26.4 Å². The van der Waals surface area contributed by atoms with Gasteiger partial charge in [0.1, 0.15) is 12.4 Å². The molecule has 217 valence electrons. The van der Waals surface area contributed by atoms with Crippen LogP contribution < -0.4 is 9.47 Å². The third kappa shape index (κ3) is 10.0. The van der Waals surface area contributed by atoms with Crippen LogP contribution in [0.4, 0.5) is 0 Å². The first-order valence-electron chi connectivity index (χ1n) is 13.0. The fourth-order valence-corrected chi connectivity index (χ4v) is 3.59. The van der Waals surface area contributed by atoms with Crippen molar-refractivity contribution in [2.24, 2.45) is 0 Å². The molecule has 0 bridgehead atoms. The Balaban J connectivity index is 0.000000180. The van der Waals surface area contributed by atoms with Crippen LogP contribution in [0.25, 0.3) is 22.9 Å². The molecule has 43 heavy (non-hydrogen) atoms. The molecule has 0 fully saturated rings. The maximum absolute atomic E-state index is 5.35. The van der Waals surface area contributed by atoms with Gasteiger partial charge in [-0.1, -0.05) is 5.92 Å². The van der Waals surface area contributed by atoms with Gasteiger partial charge in [0.15, 0.2) is 11.6 Å². The summed E-state index contributed by atoms with van der Waals surface area (Å²) in [5.41, 5.74) is 4.00. The van der Waals surface area contributed by atoms with Crippen molar-refractivity contribution in [3.63, 3.8) is 0 Å². The normalized spacial score (nSPS) is 9.63. The number of aromatic nitrogens is 7. The summed E-state index contributed by atoms with van der Waals surface area (Å²) in [7, 11) is 1.62. The molecule has 0 spiro atoms. The standard InChI is InChI=1S/C15H12NO2.2C9H9N3.Os/c1-3-9-18-14-7-8-16-15(11-14)12-5-4-6-13(10-12)17-2;2*1-8-3-5-10-9(7-8)12-6-2-4-11-12;/h1,4,6-8,10-11H,9H2,2H3;2*2-7H,1H3;/q-1;;;+1. The van der Waals surface area contributed by atoms with E-state index in [2.05, 4.69) is 37.1 Å². The van der Waals surface area contributed by atoms with Crippen molar-refractivity contribution in [2.75, 3.05) is 13.7 Å². The van der Waals surface area contributed by atoms with Crippen LogP contribution in [0.1, 0.15) is 11.1 Å². The van der Waals surface area contributed by atoms with Gasteiger partial charge < -0.3 is 14.5 Å². The van der Waals surface area contributed by atoms with Crippen LogP contribution in [0.15, 0.2) is 110 Å². The van der Waals surface area contributed by atoms with E-state index in [1.54, 1.807) is 59.6 Å². The van der Waals surface area contributed by atoms with Gasteiger partial charge in [0.05, 0.1) is 7.11 Å². The number of pyridine rings is 3. The van der Waals surface area contributed by atoms with Gasteiger partial charge in [-0.3, -0.25) is 0 Å². The zero-order chi connectivity index (χ0) is 29.6. The van der Waals surface area contributed by atoms with Crippen molar-refractivity contribution < 1.29 is 29.3 Å². The number of aryl methyl sites for hydroxylation is 2. The molecular formula is C33H30N7O2Os. The van der Waals surface area contributed by atoms with Gasteiger partial charge in [0.25, 0.3) is 0 Å². The van der Waals surface area contributed by atoms with Crippen LogP contribution in [0.3, 0.4) is 0 Å². The summed E-state index contributed by atoms with van der Waals surface area (Å²) < 4.78 is 14.0. The number of benzene rings is 1. The Bertz CT molecular complexity index is 1640. The minimum absolute atomic E-state index is 0. The van der Waals surface area contributed by atoms with Crippen LogP contribution >= 0.6 is 0 Å². The molecule has 6 aromatic rings. The zero-order valence-electron chi connectivity index (χ0n) is 24.0. The molecule has 1 aromatic carbocycles. The van der Waals surface area contributed by atoms with E-state index >= 15 is 0 Å². The van der Waals surface area contributed by atoms with Crippen LogP contribution in [0.5, 0.6) is 11.5 Å². The molecule has 5 aromatic heterocycles. The Kier molecular flexibility index (Phi) is 12.8. The Labute approximate surface area is 264 Å². The maximum atomic E-state index is 5.35. The van der Waals surface area contributed by atoms with E-state index in [1.165, 1.54) is 11.1 Å². The number of nitrogens with zero attached hydrogens (tertiary/aromatic N) is 7. The number of hydrogen-bond acceptors (Lipinski definition) is 7. The molecule has 6 rings (SSSR count). The van der Waals surface area contributed by atoms with Gasteiger partial charge >= 0.3 is 19.8 Å². The number of terminal acetylenes is 1. The van der Waals surface area contributed by atoms with Crippen LogP contribution in [0.2, 0.25) is 0 Å². The molecule has 0 amide bonds. The average molecular weight is 747 g/mol. The van der Waals surface area contributed by atoms with Crippen LogP contribution in [-0.2, 0) is 19.8 Å². The van der Waals surface area contributed by atoms with Gasteiger partial charge in [-0.05, 0) is 79.2 Å². The summed E-state index contributed by atoms with van der Waals surface area (Å²) in [5, 5.41) is 8.16. The Morgan fingerprint density at radius 1 is 0.767 bits per heavy atom. The van der Waals surface area contributed by atoms with Crippen LogP contribution in [0, 0.1) is 32.3 Å². The van der Waals surface area contributed by atoms with E-state index in [1.807, 2.05) is 80.8 Å².